The molecule has 0 amide bonds. The van der Waals surface area contributed by atoms with Crippen LogP contribution in [0.1, 0.15) is 51.9 Å². The van der Waals surface area contributed by atoms with Crippen molar-refractivity contribution in [2.45, 2.75) is 54.4 Å². The highest BCUT2D eigenvalue weighted by Gasteiger charge is 1.88. The normalized spacial score (nSPS) is 7.85. The molecular weight excluding hydrogens is 160 g/mol. The molecule has 1 heterocycles. The van der Waals surface area contributed by atoms with E-state index in [0.717, 1.165) is 5.76 Å². The number of hydrogen-bond acceptors (Lipinski definition) is 1. The Labute approximate surface area is 83.2 Å². The number of aryl methyl sites for hydroxylation is 2. The van der Waals surface area contributed by atoms with Crippen molar-refractivity contribution in [2.24, 2.45) is 0 Å². The third-order valence-electron chi connectivity index (χ3n) is 1.12. The van der Waals surface area contributed by atoms with Gasteiger partial charge in [0, 0.05) is 0 Å². The van der Waals surface area contributed by atoms with Gasteiger partial charge in [-0.15, -0.1) is 0 Å². The van der Waals surface area contributed by atoms with Gasteiger partial charge in [-0.05, 0) is 25.5 Å². The van der Waals surface area contributed by atoms with Gasteiger partial charge in [0.1, 0.15) is 5.76 Å². The highest BCUT2D eigenvalue weighted by molar-refractivity contribution is 5.11. The Kier molecular flexibility index (Phi) is 12.8. The van der Waals surface area contributed by atoms with E-state index in [4.69, 9.17) is 4.42 Å². The second kappa shape index (κ2) is 11.3. The molecule has 0 bridgehead atoms. The van der Waals surface area contributed by atoms with Crippen molar-refractivity contribution in [3.8, 4) is 0 Å². The summed E-state index contributed by atoms with van der Waals surface area (Å²) in [4.78, 5) is 0. The summed E-state index contributed by atoms with van der Waals surface area (Å²) in [5.74, 6) is 1.01. The van der Waals surface area contributed by atoms with Crippen molar-refractivity contribution in [1.82, 2.24) is 0 Å². The zero-order valence-corrected chi connectivity index (χ0v) is 9.98. The molecule has 0 saturated heterocycles. The van der Waals surface area contributed by atoms with Crippen molar-refractivity contribution < 1.29 is 4.42 Å². The highest BCUT2D eigenvalue weighted by Crippen LogP contribution is 2.04. The molecule has 0 atom stereocenters. The molecule has 0 saturated carbocycles. The molecule has 0 radical (unpaired) electrons. The van der Waals surface area contributed by atoms with Gasteiger partial charge in [0.2, 0.25) is 0 Å². The van der Waals surface area contributed by atoms with Crippen molar-refractivity contribution >= 4 is 0 Å². The van der Waals surface area contributed by atoms with Gasteiger partial charge in [-0.3, -0.25) is 0 Å². The molecule has 1 heteroatoms. The fourth-order valence-electron chi connectivity index (χ4n) is 0.448. The maximum Gasteiger partial charge on any atom is 0.103 e. The van der Waals surface area contributed by atoms with Crippen LogP contribution in [0.2, 0.25) is 0 Å². The van der Waals surface area contributed by atoms with E-state index in [-0.39, 0.29) is 0 Å². The maximum absolute atomic E-state index is 4.96. The first kappa shape index (κ1) is 14.8. The van der Waals surface area contributed by atoms with Crippen LogP contribution < -0.4 is 0 Å². The first-order valence-electron chi connectivity index (χ1n) is 5.14. The summed E-state index contributed by atoms with van der Waals surface area (Å²) in [7, 11) is 0. The van der Waals surface area contributed by atoms with Gasteiger partial charge < -0.3 is 4.42 Å². The van der Waals surface area contributed by atoms with Crippen LogP contribution in [0, 0.1) is 13.8 Å². The zero-order valence-electron chi connectivity index (χ0n) is 9.98. The summed E-state index contributed by atoms with van der Waals surface area (Å²) in [5.41, 5.74) is 1.22. The first-order chi connectivity index (χ1) is 6.13. The molecule has 0 aliphatic heterocycles. The van der Waals surface area contributed by atoms with Crippen LogP contribution in [0.25, 0.3) is 0 Å². The van der Waals surface area contributed by atoms with E-state index in [1.807, 2.05) is 19.9 Å². The van der Waals surface area contributed by atoms with Gasteiger partial charge in [-0.2, -0.15) is 0 Å². The molecule has 1 rings (SSSR count). The van der Waals surface area contributed by atoms with Crippen LogP contribution in [0.15, 0.2) is 16.7 Å². The predicted molar refractivity (Wildman–Crippen MR) is 60.1 cm³/mol. The number of rotatable bonds is 0. The van der Waals surface area contributed by atoms with Crippen molar-refractivity contribution in [2.75, 3.05) is 0 Å². The Hall–Kier alpha value is -0.720. The fourth-order valence-corrected chi connectivity index (χ4v) is 0.448. The van der Waals surface area contributed by atoms with E-state index >= 15 is 0 Å². The largest absolute Gasteiger partial charge is 0.469 e. The molecule has 1 aromatic rings. The molecule has 0 aliphatic carbocycles. The lowest BCUT2D eigenvalue weighted by Crippen LogP contribution is -1.63. The van der Waals surface area contributed by atoms with Crippen LogP contribution >= 0.6 is 0 Å². The molecule has 0 spiro atoms. The van der Waals surface area contributed by atoms with E-state index in [0.29, 0.717) is 0 Å². The smallest absolute Gasteiger partial charge is 0.103 e. The van der Waals surface area contributed by atoms with Gasteiger partial charge in [0.25, 0.3) is 0 Å². The third kappa shape index (κ3) is 11.3. The lowest BCUT2D eigenvalue weighted by Gasteiger charge is -1.79. The summed E-state index contributed by atoms with van der Waals surface area (Å²) in [5, 5.41) is 0. The molecule has 13 heavy (non-hydrogen) atoms. The van der Waals surface area contributed by atoms with Gasteiger partial charge in [0.15, 0.2) is 0 Å². The molecule has 1 aromatic heterocycles. The predicted octanol–water partition coefficient (Wildman–Crippen LogP) is 4.73. The third-order valence-corrected chi connectivity index (χ3v) is 1.12. The van der Waals surface area contributed by atoms with Crippen molar-refractivity contribution in [3.63, 3.8) is 0 Å². The van der Waals surface area contributed by atoms with E-state index in [1.54, 1.807) is 6.26 Å². The monoisotopic (exact) mass is 184 g/mol. The fraction of sp³-hybridized carbons (Fsp3) is 0.667. The molecule has 0 fully saturated rings. The Morgan fingerprint density at radius 1 is 1.00 bits per heavy atom. The molecule has 0 aliphatic rings. The second-order valence-electron chi connectivity index (χ2n) is 3.07. The minimum atomic E-state index is 1.01. The van der Waals surface area contributed by atoms with Crippen molar-refractivity contribution in [3.05, 3.63) is 23.7 Å². The minimum Gasteiger partial charge on any atom is -0.469 e. The molecule has 1 nitrogen and oxygen atoms in total. The topological polar surface area (TPSA) is 13.1 Å². The van der Waals surface area contributed by atoms with E-state index in [1.165, 1.54) is 18.4 Å². The van der Waals surface area contributed by atoms with Gasteiger partial charge >= 0.3 is 0 Å². The van der Waals surface area contributed by atoms with Gasteiger partial charge in [0.05, 0.1) is 6.26 Å². The second-order valence-corrected chi connectivity index (χ2v) is 3.07. The van der Waals surface area contributed by atoms with Crippen molar-refractivity contribution in [1.29, 1.82) is 0 Å². The SMILES string of the molecule is CCC.CCC.Cc1ccoc1C. The first-order valence-corrected chi connectivity index (χ1v) is 5.14. The Morgan fingerprint density at radius 2 is 1.38 bits per heavy atom. The molecular formula is C12H24O. The van der Waals surface area contributed by atoms with E-state index < -0.39 is 0 Å². The van der Waals surface area contributed by atoms with E-state index in [2.05, 4.69) is 27.7 Å². The number of hydrogen-bond donors (Lipinski definition) is 0. The van der Waals surface area contributed by atoms with Crippen LogP contribution in [-0.2, 0) is 0 Å². The van der Waals surface area contributed by atoms with Crippen LogP contribution in [0.5, 0.6) is 0 Å². The highest BCUT2D eigenvalue weighted by atomic mass is 16.3. The number of furan rings is 1. The molecule has 0 unspecified atom stereocenters. The van der Waals surface area contributed by atoms with Crippen LogP contribution in [-0.4, -0.2) is 0 Å². The Morgan fingerprint density at radius 3 is 1.46 bits per heavy atom. The zero-order chi connectivity index (χ0) is 10.7. The lowest BCUT2D eigenvalue weighted by atomic mass is 10.3. The average Bonchev–Trinajstić information content (AvgIpc) is 2.39. The molecule has 0 N–H and O–H groups in total. The molecule has 78 valence electrons. The Balaban J connectivity index is 0. The standard InChI is InChI=1S/C6H8O.2C3H8/c1-5-3-4-7-6(5)2;2*1-3-2/h3-4H,1-2H3;2*3H2,1-2H3. The summed E-state index contributed by atoms with van der Waals surface area (Å²) in [6, 6.07) is 1.95. The van der Waals surface area contributed by atoms with Gasteiger partial charge in [-0.25, -0.2) is 0 Å². The van der Waals surface area contributed by atoms with E-state index in [9.17, 15) is 0 Å². The maximum atomic E-state index is 4.96. The summed E-state index contributed by atoms with van der Waals surface area (Å²) >= 11 is 0. The summed E-state index contributed by atoms with van der Waals surface area (Å²) < 4.78 is 4.96. The van der Waals surface area contributed by atoms with Crippen LogP contribution in [0.4, 0.5) is 0 Å². The molecule has 0 aromatic carbocycles. The average molecular weight is 184 g/mol. The minimum absolute atomic E-state index is 1.01. The summed E-state index contributed by atoms with van der Waals surface area (Å²) in [6.07, 6.45) is 4.20. The lowest BCUT2D eigenvalue weighted by molar-refractivity contribution is 0.532. The van der Waals surface area contributed by atoms with Crippen LogP contribution in [0.3, 0.4) is 0 Å². The Bertz CT molecular complexity index is 159. The summed E-state index contributed by atoms with van der Waals surface area (Å²) in [6.45, 7) is 12.5. The van der Waals surface area contributed by atoms with Gasteiger partial charge in [-0.1, -0.05) is 40.5 Å². The quantitative estimate of drug-likeness (QED) is 0.568.